The maximum absolute atomic E-state index is 12.3. The number of nitrogens with zero attached hydrogens (tertiary/aromatic N) is 1. The van der Waals surface area contributed by atoms with Gasteiger partial charge in [0.25, 0.3) is 5.91 Å². The Morgan fingerprint density at radius 1 is 1.35 bits per heavy atom. The van der Waals surface area contributed by atoms with Crippen LogP contribution in [0.4, 0.5) is 0 Å². The van der Waals surface area contributed by atoms with E-state index in [0.717, 1.165) is 5.75 Å². The van der Waals surface area contributed by atoms with Gasteiger partial charge in [0.05, 0.1) is 19.8 Å². The van der Waals surface area contributed by atoms with Crippen molar-refractivity contribution in [2.75, 3.05) is 26.8 Å². The van der Waals surface area contributed by atoms with E-state index in [9.17, 15) is 4.79 Å². The Labute approximate surface area is 119 Å². The third-order valence-electron chi connectivity index (χ3n) is 3.27. The molecular formula is C15H21NO4. The summed E-state index contributed by atoms with van der Waals surface area (Å²) in [6, 6.07) is 7.21. The minimum Gasteiger partial charge on any atom is -0.497 e. The second-order valence-corrected chi connectivity index (χ2v) is 4.90. The zero-order chi connectivity index (χ0) is 14.5. The molecule has 1 fully saturated rings. The van der Waals surface area contributed by atoms with Crippen LogP contribution in [0.3, 0.4) is 0 Å². The predicted molar refractivity (Wildman–Crippen MR) is 75.1 cm³/mol. The van der Waals surface area contributed by atoms with Crippen LogP contribution in [0, 0.1) is 0 Å². The summed E-state index contributed by atoms with van der Waals surface area (Å²) in [7, 11) is 1.61. The monoisotopic (exact) mass is 279 g/mol. The van der Waals surface area contributed by atoms with Crippen LogP contribution in [0.25, 0.3) is 0 Å². The Hall–Kier alpha value is -1.75. The third-order valence-corrected chi connectivity index (χ3v) is 3.27. The molecule has 1 saturated heterocycles. The van der Waals surface area contributed by atoms with Gasteiger partial charge in [0.15, 0.2) is 6.10 Å². The molecule has 5 nitrogen and oxygen atoms in total. The smallest absolute Gasteiger partial charge is 0.263 e. The van der Waals surface area contributed by atoms with E-state index in [1.807, 2.05) is 19.1 Å². The highest BCUT2D eigenvalue weighted by atomic mass is 16.5. The minimum absolute atomic E-state index is 0.00373. The van der Waals surface area contributed by atoms with Crippen LogP contribution in [-0.2, 0) is 9.53 Å². The standard InChI is InChI=1S/C15H21NO4/c1-11-10-16(8-9-19-11)15(17)12(2)20-14-6-4-13(18-3)5-7-14/h4-7,11-12H,8-10H2,1-3H3. The van der Waals surface area contributed by atoms with E-state index in [-0.39, 0.29) is 12.0 Å². The lowest BCUT2D eigenvalue weighted by Gasteiger charge is -2.32. The highest BCUT2D eigenvalue weighted by molar-refractivity contribution is 5.81. The summed E-state index contributed by atoms with van der Waals surface area (Å²) in [5, 5.41) is 0. The van der Waals surface area contributed by atoms with E-state index >= 15 is 0 Å². The molecule has 2 atom stereocenters. The molecule has 0 aromatic heterocycles. The summed E-state index contributed by atoms with van der Waals surface area (Å²) in [4.78, 5) is 14.1. The van der Waals surface area contributed by atoms with Gasteiger partial charge in [-0.25, -0.2) is 0 Å². The van der Waals surface area contributed by atoms with Crippen LogP contribution in [-0.4, -0.2) is 49.8 Å². The lowest BCUT2D eigenvalue weighted by Crippen LogP contribution is -2.49. The first-order valence-corrected chi connectivity index (χ1v) is 6.81. The van der Waals surface area contributed by atoms with Gasteiger partial charge < -0.3 is 19.1 Å². The van der Waals surface area contributed by atoms with E-state index < -0.39 is 6.10 Å². The molecule has 0 spiro atoms. The van der Waals surface area contributed by atoms with Crippen LogP contribution in [0.1, 0.15) is 13.8 Å². The Kier molecular flexibility index (Phi) is 4.84. The molecule has 0 saturated carbocycles. The second kappa shape index (κ2) is 6.61. The molecule has 1 aliphatic heterocycles. The first-order chi connectivity index (χ1) is 9.60. The molecule has 0 aliphatic carbocycles. The Morgan fingerprint density at radius 2 is 2.00 bits per heavy atom. The van der Waals surface area contributed by atoms with Crippen LogP contribution >= 0.6 is 0 Å². The van der Waals surface area contributed by atoms with Crippen molar-refractivity contribution >= 4 is 5.91 Å². The van der Waals surface area contributed by atoms with Gasteiger partial charge in [-0.3, -0.25) is 4.79 Å². The number of morpholine rings is 1. The average molecular weight is 279 g/mol. The molecule has 1 heterocycles. The number of rotatable bonds is 4. The number of amides is 1. The molecule has 1 amide bonds. The summed E-state index contributed by atoms with van der Waals surface area (Å²) in [5.41, 5.74) is 0. The van der Waals surface area contributed by atoms with Crippen molar-refractivity contribution in [1.82, 2.24) is 4.90 Å². The van der Waals surface area contributed by atoms with E-state index in [4.69, 9.17) is 14.2 Å². The van der Waals surface area contributed by atoms with Gasteiger partial charge in [-0.2, -0.15) is 0 Å². The third kappa shape index (κ3) is 3.63. The maximum atomic E-state index is 12.3. The molecule has 2 unspecified atom stereocenters. The van der Waals surface area contributed by atoms with E-state index in [1.54, 1.807) is 31.1 Å². The van der Waals surface area contributed by atoms with Gasteiger partial charge in [0, 0.05) is 13.1 Å². The number of carbonyl (C=O) groups excluding carboxylic acids is 1. The molecule has 110 valence electrons. The lowest BCUT2D eigenvalue weighted by molar-refractivity contribution is -0.144. The highest BCUT2D eigenvalue weighted by Crippen LogP contribution is 2.19. The van der Waals surface area contributed by atoms with Gasteiger partial charge in [0.2, 0.25) is 0 Å². The van der Waals surface area contributed by atoms with E-state index in [0.29, 0.717) is 25.4 Å². The zero-order valence-electron chi connectivity index (χ0n) is 12.2. The van der Waals surface area contributed by atoms with Crippen molar-refractivity contribution in [3.8, 4) is 11.5 Å². The molecule has 5 heteroatoms. The number of methoxy groups -OCH3 is 1. The molecule has 20 heavy (non-hydrogen) atoms. The topological polar surface area (TPSA) is 48.0 Å². The van der Waals surface area contributed by atoms with Crippen molar-refractivity contribution in [3.05, 3.63) is 24.3 Å². The first kappa shape index (κ1) is 14.7. The van der Waals surface area contributed by atoms with E-state index in [2.05, 4.69) is 0 Å². The summed E-state index contributed by atoms with van der Waals surface area (Å²) in [5.74, 6) is 1.42. The largest absolute Gasteiger partial charge is 0.497 e. The number of hydrogen-bond acceptors (Lipinski definition) is 4. The van der Waals surface area contributed by atoms with Crippen molar-refractivity contribution in [3.63, 3.8) is 0 Å². The summed E-state index contributed by atoms with van der Waals surface area (Å²) in [6.07, 6.45) is -0.422. The normalized spacial score (nSPS) is 20.4. The summed E-state index contributed by atoms with van der Waals surface area (Å²) < 4.78 is 16.2. The second-order valence-electron chi connectivity index (χ2n) is 4.90. The van der Waals surface area contributed by atoms with Crippen molar-refractivity contribution < 1.29 is 19.0 Å². The molecule has 0 N–H and O–H groups in total. The predicted octanol–water partition coefficient (Wildman–Crippen LogP) is 1.71. The number of carbonyl (C=O) groups is 1. The van der Waals surface area contributed by atoms with Gasteiger partial charge in [-0.1, -0.05) is 0 Å². The molecule has 1 aromatic rings. The highest BCUT2D eigenvalue weighted by Gasteiger charge is 2.26. The first-order valence-electron chi connectivity index (χ1n) is 6.81. The van der Waals surface area contributed by atoms with Crippen LogP contribution < -0.4 is 9.47 Å². The number of benzene rings is 1. The van der Waals surface area contributed by atoms with Crippen molar-refractivity contribution in [2.45, 2.75) is 26.1 Å². The minimum atomic E-state index is -0.506. The molecule has 1 aromatic carbocycles. The number of hydrogen-bond donors (Lipinski definition) is 0. The van der Waals surface area contributed by atoms with Gasteiger partial charge >= 0.3 is 0 Å². The fraction of sp³-hybridized carbons (Fsp3) is 0.533. The van der Waals surface area contributed by atoms with Crippen LogP contribution in [0.15, 0.2) is 24.3 Å². The fourth-order valence-corrected chi connectivity index (χ4v) is 2.18. The van der Waals surface area contributed by atoms with Gasteiger partial charge in [0.1, 0.15) is 11.5 Å². The summed E-state index contributed by atoms with van der Waals surface area (Å²) in [6.45, 7) is 5.57. The Balaban J connectivity index is 1.92. The fourth-order valence-electron chi connectivity index (χ4n) is 2.18. The maximum Gasteiger partial charge on any atom is 0.263 e. The molecule has 1 aliphatic rings. The van der Waals surface area contributed by atoms with Crippen LogP contribution in [0.2, 0.25) is 0 Å². The van der Waals surface area contributed by atoms with Gasteiger partial charge in [-0.15, -0.1) is 0 Å². The number of ether oxygens (including phenoxy) is 3. The van der Waals surface area contributed by atoms with E-state index in [1.165, 1.54) is 0 Å². The Morgan fingerprint density at radius 3 is 2.60 bits per heavy atom. The van der Waals surface area contributed by atoms with Crippen molar-refractivity contribution in [1.29, 1.82) is 0 Å². The quantitative estimate of drug-likeness (QED) is 0.842. The van der Waals surface area contributed by atoms with Crippen LogP contribution in [0.5, 0.6) is 11.5 Å². The zero-order valence-corrected chi connectivity index (χ0v) is 12.2. The molecule has 2 rings (SSSR count). The van der Waals surface area contributed by atoms with Crippen molar-refractivity contribution in [2.24, 2.45) is 0 Å². The SMILES string of the molecule is COc1ccc(OC(C)C(=O)N2CCOC(C)C2)cc1. The summed E-state index contributed by atoms with van der Waals surface area (Å²) >= 11 is 0. The Bertz CT molecular complexity index is 446. The average Bonchev–Trinajstić information content (AvgIpc) is 2.47. The van der Waals surface area contributed by atoms with Gasteiger partial charge in [-0.05, 0) is 38.1 Å². The molecule has 0 radical (unpaired) electrons. The molecular weight excluding hydrogens is 258 g/mol. The molecule has 0 bridgehead atoms. The lowest BCUT2D eigenvalue weighted by atomic mass is 10.2.